The number of quaternary nitrogens is 2. The van der Waals surface area contributed by atoms with Gasteiger partial charge in [0.05, 0.1) is 85.1 Å². The highest BCUT2D eigenvalue weighted by Gasteiger charge is 2.57. The minimum Gasteiger partial charge on any atom is -0.492 e. The number of amides is 6. The minimum absolute atomic E-state index is 0.0245. The molecule has 37 heteroatoms. The lowest BCUT2D eigenvalue weighted by atomic mass is 9.83. The molecule has 0 spiro atoms. The average Bonchev–Trinajstić information content (AvgIpc) is 1.56. The Morgan fingerprint density at radius 1 is 0.848 bits per heavy atom. The number of nitro benzene ring substituents is 1. The van der Waals surface area contributed by atoms with Crippen LogP contribution in [-0.4, -0.2) is 250 Å². The van der Waals surface area contributed by atoms with E-state index in [0.29, 0.717) is 41.9 Å². The summed E-state index contributed by atoms with van der Waals surface area (Å²) >= 11 is 1.41. The van der Waals surface area contributed by atoms with Crippen LogP contribution < -0.4 is 30.7 Å². The molecular formula is C62H84BF2N11O20S3+2. The quantitative estimate of drug-likeness (QED) is 0.00654. The SMILES string of the molecule is CC(OC(=O)ON1C(=O)CCC1=O)c1cc(CO)c(OCCN(C)CCNC(=O)C(CS(=O)(=O)O)NC(=O)CNC(=O)C(CS(=O)(=O)O)NC(=O)COc2ccc(/C=C/C3=[N+]4C(Cc5c(CCC[N+](C)(C)C)cc(-c6cccs6)n5[B-]4(F)F)C(CCC[N+](C)(C)C)=C3)cc2)cc1[N+](=O)[O-]. The van der Waals surface area contributed by atoms with Crippen molar-refractivity contribution < 1.29 is 111 Å². The number of nitrogens with zero attached hydrogens (tertiary/aromatic N) is 7. The number of aliphatic hydroxyl groups excluding tert-OH is 1. The molecule has 540 valence electrons. The molecular weight excluding hydrogens is 1360 g/mol. The van der Waals surface area contributed by atoms with Crippen molar-refractivity contribution in [2.24, 2.45) is 0 Å². The first kappa shape index (κ1) is 77.8. The van der Waals surface area contributed by atoms with Crippen LogP contribution in [0.25, 0.3) is 16.6 Å². The van der Waals surface area contributed by atoms with Crippen LogP contribution in [0.2, 0.25) is 0 Å². The highest BCUT2D eigenvalue weighted by molar-refractivity contribution is 7.86. The molecule has 0 bridgehead atoms. The van der Waals surface area contributed by atoms with Gasteiger partial charge in [0.15, 0.2) is 12.3 Å². The smallest absolute Gasteiger partial charge is 0.492 e. The van der Waals surface area contributed by atoms with Crippen molar-refractivity contribution in [3.63, 3.8) is 0 Å². The van der Waals surface area contributed by atoms with Crippen molar-refractivity contribution in [2.75, 3.05) is 113 Å². The second-order valence-electron chi connectivity index (χ2n) is 26.1. The Morgan fingerprint density at radius 2 is 1.46 bits per heavy atom. The van der Waals surface area contributed by atoms with Crippen LogP contribution in [-0.2, 0) is 78.0 Å². The number of aliphatic hydroxyl groups is 1. The first-order chi connectivity index (χ1) is 46.3. The van der Waals surface area contributed by atoms with Crippen LogP contribution in [0, 0.1) is 10.1 Å². The molecule has 31 nitrogen and oxygen atoms in total. The summed E-state index contributed by atoms with van der Waals surface area (Å²) in [7, 11) is 4.20. The van der Waals surface area contributed by atoms with Gasteiger partial charge in [0, 0.05) is 80.0 Å². The molecule has 6 amide bonds. The van der Waals surface area contributed by atoms with Gasteiger partial charge in [-0.1, -0.05) is 23.3 Å². The molecule has 7 N–H and O–H groups in total. The number of halogens is 2. The summed E-state index contributed by atoms with van der Waals surface area (Å²) in [6.45, 7) is -4.23. The number of allylic oxidation sites excluding steroid dienone is 2. The zero-order chi connectivity index (χ0) is 73.0. The Bertz CT molecular complexity index is 3990. The van der Waals surface area contributed by atoms with E-state index in [1.165, 1.54) is 39.4 Å². The summed E-state index contributed by atoms with van der Waals surface area (Å²) < 4.78 is 123. The maximum absolute atomic E-state index is 17.6. The summed E-state index contributed by atoms with van der Waals surface area (Å²) in [5, 5.41) is 32.8. The third-order valence-corrected chi connectivity index (χ3v) is 18.6. The molecule has 7 rings (SSSR count). The standard InChI is InChI=1S/C62H82BF2N11O20S3/c1-40(95-62(84)96-73-58(80)21-22-59(73)81)47-31-44(36-77)54(34-52(47)74(85)86)93-28-25-70(2)24-23-66-60(82)48(38-98(87,88)89)68-56(78)35-67-61(83)49(39-99(90,91)92)69-57(79)37-94-46-19-16-41(17-20-46)15-18-45-30-42(12-9-26-75(3,4)5)50-33-51-43(13-10-27-76(6,7)8)32-53(55-14-11-29-97-55)72(51)63(64,65)71(45)50/h11,14-20,29-32,34,40,48-50,77H,9-10,12-13,21-28,33,35-39H2,1-8H3,(H4-2,66,67,68,69,78,79,82,83,87,88,89,90,91,92)/p+2/b18-15+. The predicted octanol–water partition coefficient (Wildman–Crippen LogP) is 2.64. The first-order valence-electron chi connectivity index (χ1n) is 31.5. The van der Waals surface area contributed by atoms with Crippen LogP contribution in [0.3, 0.4) is 0 Å². The molecule has 2 aromatic carbocycles. The molecule has 4 aromatic rings. The molecule has 99 heavy (non-hydrogen) atoms. The van der Waals surface area contributed by atoms with E-state index in [2.05, 4.69) is 57.8 Å². The van der Waals surface area contributed by atoms with Crippen molar-refractivity contribution in [3.8, 4) is 22.1 Å². The second-order valence-corrected chi connectivity index (χ2v) is 30.1. The number of hydrogen-bond acceptors (Lipinski definition) is 20. The van der Waals surface area contributed by atoms with E-state index in [0.717, 1.165) is 63.0 Å². The van der Waals surface area contributed by atoms with Crippen LogP contribution in [0.15, 0.2) is 77.7 Å². The van der Waals surface area contributed by atoms with Gasteiger partial charge in [0.1, 0.15) is 53.8 Å². The van der Waals surface area contributed by atoms with Gasteiger partial charge in [-0.25, -0.2) is 4.79 Å². The molecule has 5 heterocycles. The topological polar surface area (TPSA) is 391 Å². The number of aryl methyl sites for hydroxylation is 1. The summed E-state index contributed by atoms with van der Waals surface area (Å²) in [6.07, 6.45) is 5.29. The number of imide groups is 1. The van der Waals surface area contributed by atoms with Gasteiger partial charge in [-0.15, -0.1) is 11.3 Å². The summed E-state index contributed by atoms with van der Waals surface area (Å²) in [4.78, 5) is 107. The van der Waals surface area contributed by atoms with Gasteiger partial charge in [-0.3, -0.25) is 52.8 Å². The molecule has 0 aliphatic carbocycles. The number of aromatic nitrogens is 1. The zero-order valence-corrected chi connectivity index (χ0v) is 58.5. The summed E-state index contributed by atoms with van der Waals surface area (Å²) in [6, 6.07) is 9.43. The van der Waals surface area contributed by atoms with E-state index < -0.39 is 135 Å². The van der Waals surface area contributed by atoms with Crippen molar-refractivity contribution >= 4 is 97.6 Å². The number of benzene rings is 2. The zero-order valence-electron chi connectivity index (χ0n) is 56.0. The molecule has 2 aromatic heterocycles. The van der Waals surface area contributed by atoms with E-state index in [9.17, 15) is 74.7 Å². The summed E-state index contributed by atoms with van der Waals surface area (Å²) in [5.74, 6) is -9.05. The van der Waals surface area contributed by atoms with E-state index in [1.54, 1.807) is 36.2 Å². The highest BCUT2D eigenvalue weighted by Crippen LogP contribution is 2.42. The fourth-order valence-corrected chi connectivity index (χ4v) is 13.4. The van der Waals surface area contributed by atoms with Crippen LogP contribution in [0.1, 0.15) is 73.1 Å². The number of hydroxylamine groups is 2. The maximum Gasteiger partial charge on any atom is 0.732 e. The van der Waals surface area contributed by atoms with Gasteiger partial charge in [0.25, 0.3) is 43.6 Å². The molecule has 1 saturated heterocycles. The van der Waals surface area contributed by atoms with Crippen molar-refractivity contribution in [2.45, 2.75) is 82.7 Å². The van der Waals surface area contributed by atoms with E-state index in [-0.39, 0.29) is 66.8 Å². The second kappa shape index (κ2) is 33.1. The predicted molar refractivity (Wildman–Crippen MR) is 358 cm³/mol. The molecule has 4 unspecified atom stereocenters. The number of ether oxygens (including phenoxy) is 3. The minimum atomic E-state index is -4.99. The number of nitrogens with one attached hydrogen (secondary N) is 4. The number of nitro groups is 1. The van der Waals surface area contributed by atoms with Crippen molar-refractivity contribution in [1.29, 1.82) is 0 Å². The average molecular weight is 1450 g/mol. The van der Waals surface area contributed by atoms with E-state index in [4.69, 9.17) is 14.2 Å². The fourth-order valence-electron chi connectivity index (χ4n) is 11.4. The Morgan fingerprint density at radius 3 is 2.05 bits per heavy atom. The fraction of sp³-hybridized carbons (Fsp3) is 0.484. The van der Waals surface area contributed by atoms with Crippen LogP contribution in [0.5, 0.6) is 11.5 Å². The highest BCUT2D eigenvalue weighted by atomic mass is 32.2. The molecule has 0 saturated carbocycles. The number of rotatable bonds is 36. The van der Waals surface area contributed by atoms with Gasteiger partial charge >= 0.3 is 13.1 Å². The Hall–Kier alpha value is -8.56. The molecule has 1 fully saturated rings. The number of fused-ring (bicyclic) bond motifs is 2. The number of likely N-dealkylation sites (N-methyl/N-ethyl adjacent to an activating group) is 1. The van der Waals surface area contributed by atoms with Gasteiger partial charge < -0.3 is 72.0 Å². The maximum atomic E-state index is 17.6. The van der Waals surface area contributed by atoms with Crippen LogP contribution >= 0.6 is 11.3 Å². The normalized spacial score (nSPS) is 16.4. The molecule has 3 aliphatic rings. The molecule has 0 radical (unpaired) electrons. The Kier molecular flexibility index (Phi) is 26.0. The lowest BCUT2D eigenvalue weighted by molar-refractivity contribution is -0.870. The Labute approximate surface area is 575 Å². The van der Waals surface area contributed by atoms with Crippen LogP contribution in [0.4, 0.5) is 19.1 Å². The third kappa shape index (κ3) is 22.5. The lowest BCUT2D eigenvalue weighted by Gasteiger charge is -2.37. The van der Waals surface area contributed by atoms with Gasteiger partial charge in [0.2, 0.25) is 17.7 Å². The van der Waals surface area contributed by atoms with E-state index in [1.807, 2.05) is 40.3 Å². The number of carbonyl (C=O) groups is 7. The number of thiophene rings is 1. The van der Waals surface area contributed by atoms with Crippen molar-refractivity contribution in [3.05, 3.63) is 116 Å². The monoisotopic (exact) mass is 1450 g/mol. The third-order valence-electron chi connectivity index (χ3n) is 16.2. The lowest BCUT2D eigenvalue weighted by Crippen LogP contribution is -2.57. The number of hydrogen-bond donors (Lipinski definition) is 7. The Balaban J connectivity index is 0.911. The van der Waals surface area contributed by atoms with Crippen molar-refractivity contribution in [1.82, 2.24) is 35.7 Å². The largest absolute Gasteiger partial charge is 0.732 e. The van der Waals surface area contributed by atoms with E-state index >= 15 is 8.63 Å². The summed E-state index contributed by atoms with van der Waals surface area (Å²) in [5.41, 5.74) is 3.19. The molecule has 3 aliphatic heterocycles. The first-order valence-corrected chi connectivity index (χ1v) is 35.6. The van der Waals surface area contributed by atoms with Gasteiger partial charge in [-0.05, 0) is 91.0 Å². The number of carbonyl (C=O) groups excluding carboxylic acids is 7. The van der Waals surface area contributed by atoms with Gasteiger partial charge in [-0.2, -0.15) is 16.8 Å². The molecule has 4 atom stereocenters.